The van der Waals surface area contributed by atoms with Gasteiger partial charge in [-0.05, 0) is 26.3 Å². The molecule has 7 nitrogen and oxygen atoms in total. The highest BCUT2D eigenvalue weighted by Gasteiger charge is 2.52. The normalized spacial score (nSPS) is 24.0. The fourth-order valence-corrected chi connectivity index (χ4v) is 4.86. The van der Waals surface area contributed by atoms with E-state index < -0.39 is 0 Å². The molecule has 9 heteroatoms. The second-order valence-corrected chi connectivity index (χ2v) is 8.50. The highest BCUT2D eigenvalue weighted by Crippen LogP contribution is 2.47. The first-order valence-corrected chi connectivity index (χ1v) is 10.2. The number of carbonyl (C=O) groups is 1. The molecule has 1 aromatic heterocycles. The van der Waals surface area contributed by atoms with Crippen LogP contribution in [0.4, 0.5) is 0 Å². The number of carbonyl (C=O) groups excluding carboxylic acids is 1. The summed E-state index contributed by atoms with van der Waals surface area (Å²) < 4.78 is 2.02. The Morgan fingerprint density at radius 3 is 2.50 bits per heavy atom. The van der Waals surface area contributed by atoms with Crippen molar-refractivity contribution in [2.45, 2.75) is 44.3 Å². The average Bonchev–Trinajstić information content (AvgIpc) is 3.35. The second-order valence-electron chi connectivity index (χ2n) is 8.50. The van der Waals surface area contributed by atoms with Crippen molar-refractivity contribution >= 4 is 30.7 Å². The molecule has 0 unspecified atom stereocenters. The van der Waals surface area contributed by atoms with Crippen LogP contribution in [-0.4, -0.2) is 88.8 Å². The molecule has 5 rings (SSSR count). The van der Waals surface area contributed by atoms with Gasteiger partial charge in [0.2, 0.25) is 0 Å². The molecule has 1 spiro atoms. The van der Waals surface area contributed by atoms with Crippen molar-refractivity contribution < 1.29 is 4.79 Å². The van der Waals surface area contributed by atoms with Gasteiger partial charge >= 0.3 is 0 Å². The maximum atomic E-state index is 13.6. The van der Waals surface area contributed by atoms with Crippen LogP contribution < -0.4 is 5.32 Å². The predicted octanol–water partition coefficient (Wildman–Crippen LogP) is 0.998. The van der Waals surface area contributed by atoms with Crippen LogP contribution in [0.25, 0.3) is 0 Å². The van der Waals surface area contributed by atoms with E-state index in [1.54, 1.807) is 0 Å². The zero-order chi connectivity index (χ0) is 17.7. The molecule has 4 heterocycles. The van der Waals surface area contributed by atoms with Crippen LogP contribution in [-0.2, 0) is 19.5 Å². The minimum absolute atomic E-state index is 0. The van der Waals surface area contributed by atoms with Crippen LogP contribution in [0, 0.1) is 0 Å². The summed E-state index contributed by atoms with van der Waals surface area (Å²) in [5, 5.41) is 8.22. The maximum absolute atomic E-state index is 13.6. The molecule has 3 aliphatic heterocycles. The highest BCUT2D eigenvalue weighted by atomic mass is 35.5. The van der Waals surface area contributed by atoms with Crippen molar-refractivity contribution in [1.29, 1.82) is 0 Å². The predicted molar refractivity (Wildman–Crippen MR) is 114 cm³/mol. The average molecular weight is 431 g/mol. The van der Waals surface area contributed by atoms with Crippen molar-refractivity contribution in [2.24, 2.45) is 0 Å². The maximum Gasteiger partial charge on any atom is 0.272 e. The third-order valence-electron chi connectivity index (χ3n) is 6.85. The van der Waals surface area contributed by atoms with Gasteiger partial charge in [-0.2, -0.15) is 5.10 Å². The van der Waals surface area contributed by atoms with Crippen LogP contribution in [0.3, 0.4) is 0 Å². The first-order valence-electron chi connectivity index (χ1n) is 10.2. The number of aryl methyl sites for hydroxylation is 1. The summed E-state index contributed by atoms with van der Waals surface area (Å²) in [7, 11) is 2.19. The number of amides is 1. The molecule has 2 fully saturated rings. The van der Waals surface area contributed by atoms with Crippen LogP contribution in [0.15, 0.2) is 0 Å². The number of hydrogen-bond acceptors (Lipinski definition) is 5. The van der Waals surface area contributed by atoms with Crippen molar-refractivity contribution in [3.8, 4) is 0 Å². The fourth-order valence-electron chi connectivity index (χ4n) is 4.86. The zero-order valence-electron chi connectivity index (χ0n) is 16.7. The van der Waals surface area contributed by atoms with Crippen LogP contribution in [0.5, 0.6) is 0 Å². The third-order valence-corrected chi connectivity index (χ3v) is 6.85. The molecule has 1 N–H and O–H groups in total. The Bertz CT molecular complexity index is 712. The first kappa shape index (κ1) is 21.8. The number of hydrogen-bond donors (Lipinski definition) is 1. The third kappa shape index (κ3) is 3.79. The molecule has 1 saturated carbocycles. The Morgan fingerprint density at radius 2 is 1.79 bits per heavy atom. The van der Waals surface area contributed by atoms with E-state index in [2.05, 4.69) is 27.1 Å². The lowest BCUT2D eigenvalue weighted by Crippen LogP contribution is -2.50. The minimum Gasteiger partial charge on any atom is -0.330 e. The molecule has 1 saturated heterocycles. The van der Waals surface area contributed by atoms with Gasteiger partial charge in [-0.3, -0.25) is 14.4 Å². The lowest BCUT2D eigenvalue weighted by atomic mass is 10.1. The van der Waals surface area contributed by atoms with E-state index in [4.69, 9.17) is 5.10 Å². The molecule has 0 aromatic carbocycles. The van der Waals surface area contributed by atoms with Crippen molar-refractivity contribution in [2.75, 3.05) is 52.9 Å². The summed E-state index contributed by atoms with van der Waals surface area (Å²) in [6, 6.07) is 0. The summed E-state index contributed by atoms with van der Waals surface area (Å²) in [4.78, 5) is 20.7. The smallest absolute Gasteiger partial charge is 0.272 e. The van der Waals surface area contributed by atoms with Gasteiger partial charge in [-0.25, -0.2) is 0 Å². The summed E-state index contributed by atoms with van der Waals surface area (Å²) in [5.74, 6) is 0.228. The Labute approximate surface area is 179 Å². The van der Waals surface area contributed by atoms with E-state index in [0.717, 1.165) is 102 Å². The Morgan fingerprint density at radius 1 is 1.04 bits per heavy atom. The molecule has 158 valence electrons. The Kier molecular flexibility index (Phi) is 6.61. The molecular weight excluding hydrogens is 399 g/mol. The Balaban J connectivity index is 0.00000112. The topological polar surface area (TPSA) is 56.6 Å². The van der Waals surface area contributed by atoms with Gasteiger partial charge < -0.3 is 15.1 Å². The minimum atomic E-state index is 0. The monoisotopic (exact) mass is 430 g/mol. The molecule has 0 atom stereocenters. The number of aromatic nitrogens is 2. The van der Waals surface area contributed by atoms with Gasteiger partial charge in [0.25, 0.3) is 5.91 Å². The van der Waals surface area contributed by atoms with E-state index in [1.807, 2.05) is 4.68 Å². The van der Waals surface area contributed by atoms with Gasteiger partial charge in [0, 0.05) is 76.4 Å². The summed E-state index contributed by atoms with van der Waals surface area (Å²) >= 11 is 0. The number of piperazine rings is 1. The number of fused-ring (bicyclic) bond motifs is 3. The summed E-state index contributed by atoms with van der Waals surface area (Å²) in [6.45, 7) is 8.98. The molecule has 1 aliphatic carbocycles. The van der Waals surface area contributed by atoms with E-state index in [-0.39, 0.29) is 36.3 Å². The van der Waals surface area contributed by atoms with Gasteiger partial charge in [0.15, 0.2) is 0 Å². The van der Waals surface area contributed by atoms with Gasteiger partial charge in [-0.1, -0.05) is 0 Å². The number of halogens is 2. The second kappa shape index (κ2) is 8.48. The SMILES string of the molecule is CN1CCN(CCN2C(=O)c3c4c(nn3CCC23CC3)CCNC4)CC1.Cl.Cl. The van der Waals surface area contributed by atoms with E-state index in [1.165, 1.54) is 0 Å². The number of likely N-dealkylation sites (N-methyl/N-ethyl adjacent to an activating group) is 1. The molecule has 4 aliphatic rings. The van der Waals surface area contributed by atoms with Gasteiger partial charge in [-0.15, -0.1) is 24.8 Å². The summed E-state index contributed by atoms with van der Waals surface area (Å²) in [5.41, 5.74) is 3.27. The van der Waals surface area contributed by atoms with Gasteiger partial charge in [0.1, 0.15) is 5.69 Å². The summed E-state index contributed by atoms with van der Waals surface area (Å²) in [6.07, 6.45) is 4.32. The largest absolute Gasteiger partial charge is 0.330 e. The van der Waals surface area contributed by atoms with Crippen LogP contribution in [0.1, 0.15) is 41.0 Å². The number of rotatable bonds is 3. The number of nitrogens with zero attached hydrogens (tertiary/aromatic N) is 5. The molecule has 0 radical (unpaired) electrons. The molecule has 1 aromatic rings. The van der Waals surface area contributed by atoms with Crippen molar-refractivity contribution in [3.63, 3.8) is 0 Å². The fraction of sp³-hybridized carbons (Fsp3) is 0.789. The van der Waals surface area contributed by atoms with Crippen molar-refractivity contribution in [3.05, 3.63) is 17.0 Å². The van der Waals surface area contributed by atoms with E-state index in [9.17, 15) is 4.79 Å². The molecule has 0 bridgehead atoms. The Hall–Kier alpha value is -0.860. The molecular formula is C19H32Cl2N6O. The first-order chi connectivity index (χ1) is 12.7. The van der Waals surface area contributed by atoms with E-state index in [0.29, 0.717) is 0 Å². The van der Waals surface area contributed by atoms with Gasteiger partial charge in [0.05, 0.1) is 5.69 Å². The van der Waals surface area contributed by atoms with E-state index >= 15 is 0 Å². The lowest BCUT2D eigenvalue weighted by Gasteiger charge is -2.36. The lowest BCUT2D eigenvalue weighted by molar-refractivity contribution is 0.0594. The standard InChI is InChI=1S/C19H30N6O.2ClH/c1-22-8-10-23(11-9-22)12-13-24-18(26)17-15-14-20-6-2-16(15)21-25(17)7-5-19(24)3-4-19;;/h20H,2-14H2,1H3;2*1H. The van der Waals surface area contributed by atoms with Crippen molar-refractivity contribution in [1.82, 2.24) is 29.8 Å². The zero-order valence-corrected chi connectivity index (χ0v) is 18.3. The highest BCUT2D eigenvalue weighted by molar-refractivity contribution is 5.95. The number of nitrogens with one attached hydrogen (secondary N) is 1. The molecule has 1 amide bonds. The molecule has 28 heavy (non-hydrogen) atoms. The van der Waals surface area contributed by atoms with Crippen LogP contribution >= 0.6 is 24.8 Å². The quantitative estimate of drug-likeness (QED) is 0.774. The van der Waals surface area contributed by atoms with Crippen LogP contribution in [0.2, 0.25) is 0 Å².